The number of ketones is 1. The minimum absolute atomic E-state index is 0.102. The normalized spacial score (nSPS) is 19.7. The fourth-order valence-corrected chi connectivity index (χ4v) is 5.99. The number of benzene rings is 1. The number of carbonyl (C=O) groups is 2. The van der Waals surface area contributed by atoms with Crippen LogP contribution in [0.3, 0.4) is 0 Å². The molecular weight excluding hydrogens is 414 g/mol. The van der Waals surface area contributed by atoms with Gasteiger partial charge in [-0.15, -0.1) is 11.3 Å². The van der Waals surface area contributed by atoms with E-state index in [4.69, 9.17) is 4.74 Å². The number of ether oxygens (including phenoxy) is 1. The summed E-state index contributed by atoms with van der Waals surface area (Å²) >= 11 is 1.29. The second-order valence-corrected chi connectivity index (χ2v) is 10.1. The monoisotopic (exact) mass is 435 g/mol. The Morgan fingerprint density at radius 1 is 1.34 bits per heavy atom. The average Bonchev–Trinajstić information content (AvgIpc) is 3.37. The van der Waals surface area contributed by atoms with Crippen molar-refractivity contribution in [2.75, 3.05) is 18.5 Å². The fourth-order valence-electron chi connectivity index (χ4n) is 3.43. The first-order valence-electron chi connectivity index (χ1n) is 9.37. The van der Waals surface area contributed by atoms with Crippen LogP contribution in [0.4, 0.5) is 5.13 Å². The summed E-state index contributed by atoms with van der Waals surface area (Å²) in [4.78, 5) is 29.2. The van der Waals surface area contributed by atoms with Crippen molar-refractivity contribution in [3.05, 3.63) is 40.4 Å². The third-order valence-electron chi connectivity index (χ3n) is 5.03. The van der Waals surface area contributed by atoms with Crippen LogP contribution in [0, 0.1) is 0 Å². The van der Waals surface area contributed by atoms with Gasteiger partial charge in [0.1, 0.15) is 6.10 Å². The summed E-state index contributed by atoms with van der Waals surface area (Å²) in [5.74, 6) is -0.392. The third kappa shape index (κ3) is 4.11. The molecule has 2 aromatic rings. The molecule has 8 nitrogen and oxygen atoms in total. The SMILES string of the molecule is CC(=O)c1cccc(S(=O)(=O)N2CCc3nc(NC(=O)C4CCCO4)sc3C2)c1. The van der Waals surface area contributed by atoms with Crippen molar-refractivity contribution in [1.82, 2.24) is 9.29 Å². The van der Waals surface area contributed by atoms with Gasteiger partial charge in [-0.05, 0) is 31.9 Å². The quantitative estimate of drug-likeness (QED) is 0.722. The average molecular weight is 436 g/mol. The summed E-state index contributed by atoms with van der Waals surface area (Å²) in [5.41, 5.74) is 1.17. The number of thiazole rings is 1. The number of hydrogen-bond acceptors (Lipinski definition) is 7. The Bertz CT molecular complexity index is 1060. The topological polar surface area (TPSA) is 106 Å². The van der Waals surface area contributed by atoms with E-state index in [9.17, 15) is 18.0 Å². The van der Waals surface area contributed by atoms with Gasteiger partial charge in [0.25, 0.3) is 5.91 Å². The van der Waals surface area contributed by atoms with E-state index in [1.165, 1.54) is 34.7 Å². The van der Waals surface area contributed by atoms with Gasteiger partial charge >= 0.3 is 0 Å². The van der Waals surface area contributed by atoms with Crippen molar-refractivity contribution in [3.63, 3.8) is 0 Å². The third-order valence-corrected chi connectivity index (χ3v) is 7.87. The molecule has 2 aliphatic heterocycles. The molecule has 0 spiro atoms. The van der Waals surface area contributed by atoms with Gasteiger partial charge in [-0.2, -0.15) is 4.31 Å². The maximum absolute atomic E-state index is 13.0. The molecule has 0 radical (unpaired) electrons. The molecule has 1 aromatic carbocycles. The molecule has 0 bridgehead atoms. The molecule has 4 rings (SSSR count). The summed E-state index contributed by atoms with van der Waals surface area (Å²) in [5, 5.41) is 3.25. The van der Waals surface area contributed by atoms with Crippen LogP contribution in [-0.4, -0.2) is 48.7 Å². The minimum atomic E-state index is -3.73. The van der Waals surface area contributed by atoms with Crippen LogP contribution in [0.15, 0.2) is 29.2 Å². The number of anilines is 1. The molecule has 0 aliphatic carbocycles. The van der Waals surface area contributed by atoms with Gasteiger partial charge in [0, 0.05) is 30.0 Å². The van der Waals surface area contributed by atoms with E-state index in [0.717, 1.165) is 17.0 Å². The fraction of sp³-hybridized carbons (Fsp3) is 0.421. The first kappa shape index (κ1) is 20.1. The molecule has 1 N–H and O–H groups in total. The van der Waals surface area contributed by atoms with Crippen LogP contribution in [0.1, 0.15) is 40.7 Å². The van der Waals surface area contributed by atoms with Gasteiger partial charge in [-0.1, -0.05) is 12.1 Å². The number of Topliss-reactive ketones (excluding diaryl/α,β-unsaturated/α-hetero) is 1. The van der Waals surface area contributed by atoms with Crippen molar-refractivity contribution in [1.29, 1.82) is 0 Å². The van der Waals surface area contributed by atoms with Crippen LogP contribution >= 0.6 is 11.3 Å². The number of carbonyl (C=O) groups excluding carboxylic acids is 2. The van der Waals surface area contributed by atoms with Gasteiger partial charge in [-0.25, -0.2) is 13.4 Å². The Morgan fingerprint density at radius 3 is 2.90 bits per heavy atom. The highest BCUT2D eigenvalue weighted by molar-refractivity contribution is 7.89. The van der Waals surface area contributed by atoms with E-state index in [2.05, 4.69) is 10.3 Å². The molecule has 1 fully saturated rings. The Morgan fingerprint density at radius 2 is 2.17 bits per heavy atom. The van der Waals surface area contributed by atoms with E-state index >= 15 is 0 Å². The molecule has 10 heteroatoms. The lowest BCUT2D eigenvalue weighted by Gasteiger charge is -2.25. The molecule has 2 aliphatic rings. The lowest BCUT2D eigenvalue weighted by atomic mass is 10.2. The molecule has 29 heavy (non-hydrogen) atoms. The van der Waals surface area contributed by atoms with E-state index in [0.29, 0.717) is 36.7 Å². The number of amides is 1. The number of aromatic nitrogens is 1. The zero-order chi connectivity index (χ0) is 20.6. The molecule has 3 heterocycles. The molecular formula is C19H21N3O5S2. The Balaban J connectivity index is 1.51. The predicted molar refractivity (Wildman–Crippen MR) is 107 cm³/mol. The number of hydrogen-bond donors (Lipinski definition) is 1. The molecule has 1 amide bonds. The summed E-state index contributed by atoms with van der Waals surface area (Å²) in [6, 6.07) is 6.08. The van der Waals surface area contributed by atoms with Crippen LogP contribution in [-0.2, 0) is 32.5 Å². The maximum atomic E-state index is 13.0. The molecule has 1 aromatic heterocycles. The molecule has 1 atom stereocenters. The zero-order valence-corrected chi connectivity index (χ0v) is 17.5. The van der Waals surface area contributed by atoms with Crippen molar-refractivity contribution < 1.29 is 22.7 Å². The second-order valence-electron chi connectivity index (χ2n) is 7.05. The lowest BCUT2D eigenvalue weighted by Crippen LogP contribution is -2.35. The van der Waals surface area contributed by atoms with Crippen molar-refractivity contribution in [2.24, 2.45) is 0 Å². The standard InChI is InChI=1S/C19H21N3O5S2/c1-12(23)13-4-2-5-14(10-13)29(25,26)22-8-7-15-17(11-22)28-19(20-15)21-18(24)16-6-3-9-27-16/h2,4-5,10,16H,3,6-9,11H2,1H3,(H,20,21,24). The second kappa shape index (κ2) is 7.94. The minimum Gasteiger partial charge on any atom is -0.368 e. The largest absolute Gasteiger partial charge is 0.368 e. The van der Waals surface area contributed by atoms with Gasteiger partial charge in [0.2, 0.25) is 10.0 Å². The van der Waals surface area contributed by atoms with Crippen molar-refractivity contribution >= 4 is 38.2 Å². The predicted octanol–water partition coefficient (Wildman–Crippen LogP) is 2.21. The summed E-state index contributed by atoms with van der Waals surface area (Å²) in [6.45, 7) is 2.48. The highest BCUT2D eigenvalue weighted by Gasteiger charge is 2.31. The highest BCUT2D eigenvalue weighted by atomic mass is 32.2. The zero-order valence-electron chi connectivity index (χ0n) is 15.9. The van der Waals surface area contributed by atoms with Crippen molar-refractivity contribution in [3.8, 4) is 0 Å². The Hall–Kier alpha value is -2.14. The van der Waals surface area contributed by atoms with Crippen LogP contribution in [0.25, 0.3) is 0 Å². The number of rotatable bonds is 5. The molecule has 1 unspecified atom stereocenters. The number of fused-ring (bicyclic) bond motifs is 1. The maximum Gasteiger partial charge on any atom is 0.255 e. The highest BCUT2D eigenvalue weighted by Crippen LogP contribution is 2.31. The summed E-state index contributed by atoms with van der Waals surface area (Å²) < 4.78 is 32.9. The first-order valence-corrected chi connectivity index (χ1v) is 11.6. The number of nitrogens with zero attached hydrogens (tertiary/aromatic N) is 2. The van der Waals surface area contributed by atoms with Crippen LogP contribution in [0.2, 0.25) is 0 Å². The van der Waals surface area contributed by atoms with Gasteiger partial charge in [-0.3, -0.25) is 14.9 Å². The Labute approximate surface area is 172 Å². The number of nitrogens with one attached hydrogen (secondary N) is 1. The number of sulfonamides is 1. The molecule has 0 saturated carbocycles. The van der Waals surface area contributed by atoms with Gasteiger partial charge in [0.05, 0.1) is 17.1 Å². The van der Waals surface area contributed by atoms with Crippen LogP contribution < -0.4 is 5.32 Å². The van der Waals surface area contributed by atoms with Crippen molar-refractivity contribution in [2.45, 2.75) is 43.7 Å². The molecule has 1 saturated heterocycles. The van der Waals surface area contributed by atoms with E-state index in [1.807, 2.05) is 0 Å². The van der Waals surface area contributed by atoms with Crippen LogP contribution in [0.5, 0.6) is 0 Å². The van der Waals surface area contributed by atoms with E-state index in [-0.39, 0.29) is 23.1 Å². The summed E-state index contributed by atoms with van der Waals surface area (Å²) in [6.07, 6.45) is 1.58. The smallest absolute Gasteiger partial charge is 0.255 e. The summed E-state index contributed by atoms with van der Waals surface area (Å²) in [7, 11) is -3.73. The van der Waals surface area contributed by atoms with E-state index < -0.39 is 16.1 Å². The van der Waals surface area contributed by atoms with Gasteiger partial charge < -0.3 is 4.74 Å². The van der Waals surface area contributed by atoms with Gasteiger partial charge in [0.15, 0.2) is 10.9 Å². The van der Waals surface area contributed by atoms with E-state index in [1.54, 1.807) is 12.1 Å². The first-order chi connectivity index (χ1) is 13.8. The Kier molecular flexibility index (Phi) is 5.52. The lowest BCUT2D eigenvalue weighted by molar-refractivity contribution is -0.124. The molecule has 154 valence electrons.